The maximum Gasteiger partial charge on any atom is 0.544 e. The van der Waals surface area contributed by atoms with Crippen LogP contribution in [0.5, 0.6) is 0 Å². The van der Waals surface area contributed by atoms with Crippen LogP contribution in [-0.2, 0) is 26.0 Å². The van der Waals surface area contributed by atoms with Gasteiger partial charge in [-0.05, 0) is 6.42 Å². The molecule has 0 amide bonds. The summed E-state index contributed by atoms with van der Waals surface area (Å²) in [7, 11) is 2.37. The smallest absolute Gasteiger partial charge is 0.375 e. The monoisotopic (exact) mass is 259 g/mol. The van der Waals surface area contributed by atoms with E-state index in [9.17, 15) is 0 Å². The van der Waals surface area contributed by atoms with Crippen molar-refractivity contribution < 1.29 is 17.8 Å². The first-order valence-electron chi connectivity index (χ1n) is 5.90. The average molecular weight is 259 g/mol. The van der Waals surface area contributed by atoms with E-state index in [1.54, 1.807) is 21.3 Å². The highest BCUT2D eigenvalue weighted by molar-refractivity contribution is 6.58. The quantitative estimate of drug-likeness (QED) is 0.516. The zero-order chi connectivity index (χ0) is 12.7. The largest absolute Gasteiger partial charge is 0.544 e. The van der Waals surface area contributed by atoms with Crippen LogP contribution in [0.1, 0.15) is 19.8 Å². The third-order valence-electron chi connectivity index (χ3n) is 2.83. The van der Waals surface area contributed by atoms with Crippen LogP contribution in [0.15, 0.2) is 18.7 Å². The molecule has 98 valence electrons. The van der Waals surface area contributed by atoms with Crippen LogP contribution >= 0.6 is 0 Å². The Labute approximate surface area is 104 Å². The molecule has 1 aromatic rings. The van der Waals surface area contributed by atoms with Gasteiger partial charge in [-0.15, -0.1) is 0 Å². The lowest BCUT2D eigenvalue weighted by Crippen LogP contribution is -2.55. The number of aromatic nitrogens is 2. The summed E-state index contributed by atoms with van der Waals surface area (Å²) in [6.45, 7) is 3.24. The first-order chi connectivity index (χ1) is 8.19. The van der Waals surface area contributed by atoms with Gasteiger partial charge in [-0.25, -0.2) is 9.13 Å². The molecular weight excluding hydrogens is 236 g/mol. The summed E-state index contributed by atoms with van der Waals surface area (Å²) in [4.78, 5) is 0. The number of imidazole rings is 1. The Hall–Kier alpha value is -0.693. The van der Waals surface area contributed by atoms with Crippen molar-refractivity contribution in [2.24, 2.45) is 0 Å². The third kappa shape index (κ3) is 3.92. The van der Waals surface area contributed by atoms with E-state index in [2.05, 4.69) is 28.6 Å². The van der Waals surface area contributed by atoms with E-state index in [1.165, 1.54) is 12.8 Å². The van der Waals surface area contributed by atoms with E-state index in [0.717, 1.165) is 6.54 Å². The summed E-state index contributed by atoms with van der Waals surface area (Å²) >= 11 is 0. The summed E-state index contributed by atoms with van der Waals surface area (Å²) in [5, 5.41) is 0. The predicted molar refractivity (Wildman–Crippen MR) is 66.3 cm³/mol. The van der Waals surface area contributed by atoms with Gasteiger partial charge >= 0.3 is 8.80 Å². The summed E-state index contributed by atoms with van der Waals surface area (Å²) in [5.74, 6) is 0. The van der Waals surface area contributed by atoms with Gasteiger partial charge in [0.05, 0.1) is 6.54 Å². The topological polar surface area (TPSA) is 36.5 Å². The molecule has 0 atom stereocenters. The molecule has 0 aliphatic heterocycles. The van der Waals surface area contributed by atoms with Crippen molar-refractivity contribution in [2.45, 2.75) is 32.5 Å². The Kier molecular flexibility index (Phi) is 5.83. The van der Waals surface area contributed by atoms with Crippen LogP contribution < -0.4 is 4.57 Å². The number of hydrogen-bond donors (Lipinski definition) is 0. The molecule has 0 aliphatic rings. The van der Waals surface area contributed by atoms with Crippen LogP contribution in [0.25, 0.3) is 0 Å². The summed E-state index contributed by atoms with van der Waals surface area (Å²) in [6, 6.07) is 0. The van der Waals surface area contributed by atoms with Crippen LogP contribution in [0.2, 0.25) is 0 Å². The molecule has 0 bridgehead atoms. The minimum absolute atomic E-state index is 0.635. The van der Waals surface area contributed by atoms with Crippen LogP contribution in [0.4, 0.5) is 0 Å². The molecular formula is C11H23N2O3Si+. The number of rotatable bonds is 8. The van der Waals surface area contributed by atoms with E-state index < -0.39 is 8.80 Å². The van der Waals surface area contributed by atoms with Crippen LogP contribution in [0.3, 0.4) is 0 Å². The Morgan fingerprint density at radius 2 is 1.82 bits per heavy atom. The molecule has 6 heteroatoms. The lowest BCUT2D eigenvalue weighted by Gasteiger charge is -2.21. The lowest BCUT2D eigenvalue weighted by atomic mass is 10.3. The highest BCUT2D eigenvalue weighted by atomic mass is 28.4. The number of unbranched alkanes of at least 4 members (excludes halogenated alkanes) is 1. The van der Waals surface area contributed by atoms with Crippen LogP contribution in [0, 0.1) is 0 Å². The van der Waals surface area contributed by atoms with Gasteiger partial charge in [0.25, 0.3) is 0 Å². The first-order valence-corrected chi connectivity index (χ1v) is 7.83. The van der Waals surface area contributed by atoms with Gasteiger partial charge in [0.2, 0.25) is 6.33 Å². The zero-order valence-electron chi connectivity index (χ0n) is 11.2. The second-order valence-corrected chi connectivity index (χ2v) is 6.88. The second-order valence-electron chi connectivity index (χ2n) is 3.97. The van der Waals surface area contributed by atoms with Gasteiger partial charge in [0.1, 0.15) is 12.4 Å². The van der Waals surface area contributed by atoms with E-state index >= 15 is 0 Å². The Morgan fingerprint density at radius 1 is 1.18 bits per heavy atom. The molecule has 1 rings (SSSR count). The van der Waals surface area contributed by atoms with Crippen molar-refractivity contribution in [3.05, 3.63) is 18.7 Å². The number of hydrogen-bond acceptors (Lipinski definition) is 3. The highest BCUT2D eigenvalue weighted by Crippen LogP contribution is 2.05. The molecule has 0 fully saturated rings. The van der Waals surface area contributed by atoms with Gasteiger partial charge in [-0.2, -0.15) is 0 Å². The number of nitrogens with zero attached hydrogens (tertiary/aromatic N) is 2. The van der Waals surface area contributed by atoms with E-state index in [0.29, 0.717) is 6.17 Å². The lowest BCUT2D eigenvalue weighted by molar-refractivity contribution is -0.684. The summed E-state index contributed by atoms with van der Waals surface area (Å²) < 4.78 is 20.4. The summed E-state index contributed by atoms with van der Waals surface area (Å²) in [6.07, 6.45) is 9.18. The van der Waals surface area contributed by atoms with Crippen molar-refractivity contribution >= 4 is 8.80 Å². The zero-order valence-corrected chi connectivity index (χ0v) is 12.2. The second kappa shape index (κ2) is 6.90. The maximum atomic E-state index is 5.39. The minimum Gasteiger partial charge on any atom is -0.375 e. The molecule has 5 nitrogen and oxygen atoms in total. The molecule has 0 saturated heterocycles. The molecule has 0 radical (unpaired) electrons. The average Bonchev–Trinajstić information content (AvgIpc) is 2.81. The maximum absolute atomic E-state index is 5.39. The predicted octanol–water partition coefficient (Wildman–Crippen LogP) is 0.993. The van der Waals surface area contributed by atoms with Crippen molar-refractivity contribution in [3.63, 3.8) is 0 Å². The van der Waals surface area contributed by atoms with Crippen molar-refractivity contribution in [1.82, 2.24) is 4.57 Å². The minimum atomic E-state index is -2.53. The Balaban J connectivity index is 2.63. The molecule has 0 N–H and O–H groups in total. The molecule has 1 heterocycles. The van der Waals surface area contributed by atoms with Gasteiger partial charge < -0.3 is 13.3 Å². The molecule has 1 aromatic heterocycles. The van der Waals surface area contributed by atoms with Crippen molar-refractivity contribution in [3.8, 4) is 0 Å². The van der Waals surface area contributed by atoms with Crippen molar-refractivity contribution in [1.29, 1.82) is 0 Å². The number of aryl methyl sites for hydroxylation is 1. The SMILES string of the molecule is CCCCn1cc[n+](C[Si](OC)(OC)OC)c1. The molecule has 0 spiro atoms. The van der Waals surface area contributed by atoms with Gasteiger partial charge in [0, 0.05) is 21.3 Å². The fourth-order valence-electron chi connectivity index (χ4n) is 1.67. The molecule has 0 unspecified atom stereocenters. The van der Waals surface area contributed by atoms with Gasteiger partial charge in [-0.1, -0.05) is 13.3 Å². The van der Waals surface area contributed by atoms with Gasteiger partial charge in [-0.3, -0.25) is 0 Å². The summed E-state index contributed by atoms with van der Waals surface area (Å²) in [5.41, 5.74) is 0. The fourth-order valence-corrected chi connectivity index (χ4v) is 3.19. The molecule has 0 saturated carbocycles. The Morgan fingerprint density at radius 3 is 2.35 bits per heavy atom. The molecule has 0 aromatic carbocycles. The van der Waals surface area contributed by atoms with E-state index in [-0.39, 0.29) is 0 Å². The first kappa shape index (κ1) is 14.4. The molecule has 17 heavy (non-hydrogen) atoms. The van der Waals surface area contributed by atoms with Crippen molar-refractivity contribution in [2.75, 3.05) is 21.3 Å². The van der Waals surface area contributed by atoms with Gasteiger partial charge in [0.15, 0.2) is 6.17 Å². The standard InChI is InChI=1S/C11H23N2O3Si/c1-5-6-7-12-8-9-13(10-12)11-17(14-2,15-3)16-4/h8-10H,5-7,11H2,1-4H3/q+1. The van der Waals surface area contributed by atoms with E-state index in [1.807, 2.05) is 6.20 Å². The van der Waals surface area contributed by atoms with Crippen LogP contribution in [-0.4, -0.2) is 34.7 Å². The normalized spacial score (nSPS) is 12.0. The fraction of sp³-hybridized carbons (Fsp3) is 0.727. The highest BCUT2D eigenvalue weighted by Gasteiger charge is 2.41. The molecule has 0 aliphatic carbocycles. The Bertz CT molecular complexity index is 318. The van der Waals surface area contributed by atoms with E-state index in [4.69, 9.17) is 13.3 Å². The third-order valence-corrected chi connectivity index (χ3v) is 5.44.